The lowest BCUT2D eigenvalue weighted by molar-refractivity contribution is 0.406. The molecule has 24 heavy (non-hydrogen) atoms. The van der Waals surface area contributed by atoms with Crippen LogP contribution in [-0.2, 0) is 22.9 Å². The highest BCUT2D eigenvalue weighted by Gasteiger charge is 2.08. The Morgan fingerprint density at radius 1 is 1.12 bits per heavy atom. The molecule has 0 aromatic heterocycles. The Balaban J connectivity index is 1.83. The van der Waals surface area contributed by atoms with Crippen molar-refractivity contribution < 1.29 is 13.2 Å². The molecule has 0 amide bonds. The number of hydrogen-bond donors (Lipinski definition) is 2. The number of rotatable bonds is 8. The molecule has 0 heterocycles. The Hall–Kier alpha value is -1.89. The third kappa shape index (κ3) is 5.33. The van der Waals surface area contributed by atoms with E-state index in [1.54, 1.807) is 31.4 Å². The van der Waals surface area contributed by atoms with Crippen LogP contribution in [0.25, 0.3) is 0 Å². The number of ether oxygens (including phenoxy) is 1. The van der Waals surface area contributed by atoms with Crippen molar-refractivity contribution in [2.45, 2.75) is 30.7 Å². The monoisotopic (exact) mass is 348 g/mol. The number of hydrogen-bond acceptors (Lipinski definition) is 4. The fraction of sp³-hybridized carbons (Fsp3) is 0.333. The van der Waals surface area contributed by atoms with Gasteiger partial charge in [0, 0.05) is 6.04 Å². The van der Waals surface area contributed by atoms with Crippen molar-refractivity contribution in [1.29, 1.82) is 0 Å². The first-order valence-corrected chi connectivity index (χ1v) is 9.42. The van der Waals surface area contributed by atoms with E-state index in [0.717, 1.165) is 30.7 Å². The molecular weight excluding hydrogens is 324 g/mol. The number of methoxy groups -OCH3 is 1. The molecule has 5 nitrogen and oxygen atoms in total. The average Bonchev–Trinajstić information content (AvgIpc) is 2.55. The van der Waals surface area contributed by atoms with Gasteiger partial charge in [0.2, 0.25) is 10.0 Å². The second kappa shape index (κ2) is 8.28. The van der Waals surface area contributed by atoms with Crippen molar-refractivity contribution in [3.05, 3.63) is 59.7 Å². The quantitative estimate of drug-likeness (QED) is 0.765. The van der Waals surface area contributed by atoms with Crippen LogP contribution in [-0.4, -0.2) is 28.1 Å². The van der Waals surface area contributed by atoms with Crippen LogP contribution in [0.1, 0.15) is 18.1 Å². The van der Waals surface area contributed by atoms with Gasteiger partial charge in [0.15, 0.2) is 0 Å². The van der Waals surface area contributed by atoms with Crippen LogP contribution in [0, 0.1) is 0 Å². The number of nitrogens with two attached hydrogens (primary N) is 1. The van der Waals surface area contributed by atoms with E-state index in [0.29, 0.717) is 6.04 Å². The normalized spacial score (nSPS) is 12.8. The zero-order valence-electron chi connectivity index (χ0n) is 14.0. The summed E-state index contributed by atoms with van der Waals surface area (Å²) < 4.78 is 27.8. The van der Waals surface area contributed by atoms with Gasteiger partial charge in [-0.3, -0.25) is 0 Å². The number of para-hydroxylation sites is 1. The van der Waals surface area contributed by atoms with Crippen molar-refractivity contribution in [2.24, 2.45) is 5.14 Å². The molecule has 6 heteroatoms. The third-order valence-electron chi connectivity index (χ3n) is 3.88. The molecular formula is C18H24N2O3S. The fourth-order valence-corrected chi connectivity index (χ4v) is 3.10. The van der Waals surface area contributed by atoms with Gasteiger partial charge in [-0.25, -0.2) is 13.6 Å². The summed E-state index contributed by atoms with van der Waals surface area (Å²) in [6, 6.07) is 15.0. The van der Waals surface area contributed by atoms with Gasteiger partial charge in [-0.15, -0.1) is 0 Å². The second-order valence-corrected chi connectivity index (χ2v) is 7.37. The predicted octanol–water partition coefficient (Wildman–Crippen LogP) is 2.11. The van der Waals surface area contributed by atoms with E-state index in [4.69, 9.17) is 9.88 Å². The Morgan fingerprint density at radius 3 is 2.42 bits per heavy atom. The zero-order chi connectivity index (χ0) is 17.6. The summed E-state index contributed by atoms with van der Waals surface area (Å²) in [6.07, 6.45) is 1.70. The standard InChI is InChI=1S/C18H24N2O3S/c1-14(13-16-5-3-4-6-18(16)23-2)20-12-11-15-7-9-17(10-8-15)24(19,21)22/h3-10,14,20H,11-13H2,1-2H3,(H2,19,21,22). The van der Waals surface area contributed by atoms with Gasteiger partial charge in [-0.05, 0) is 55.6 Å². The minimum Gasteiger partial charge on any atom is -0.496 e. The summed E-state index contributed by atoms with van der Waals surface area (Å²) in [7, 11) is -1.94. The maximum absolute atomic E-state index is 11.2. The second-order valence-electron chi connectivity index (χ2n) is 5.81. The van der Waals surface area contributed by atoms with Crippen LogP contribution in [0.4, 0.5) is 0 Å². The van der Waals surface area contributed by atoms with E-state index in [-0.39, 0.29) is 4.90 Å². The highest BCUT2D eigenvalue weighted by Crippen LogP contribution is 2.18. The van der Waals surface area contributed by atoms with Crippen molar-refractivity contribution in [3.8, 4) is 5.75 Å². The molecule has 1 atom stereocenters. The van der Waals surface area contributed by atoms with Crippen molar-refractivity contribution in [2.75, 3.05) is 13.7 Å². The summed E-state index contributed by atoms with van der Waals surface area (Å²) in [5, 5.41) is 8.57. The topological polar surface area (TPSA) is 81.4 Å². The van der Waals surface area contributed by atoms with Gasteiger partial charge >= 0.3 is 0 Å². The van der Waals surface area contributed by atoms with E-state index in [9.17, 15) is 8.42 Å². The van der Waals surface area contributed by atoms with Crippen molar-refractivity contribution in [1.82, 2.24) is 5.32 Å². The molecule has 0 radical (unpaired) electrons. The van der Waals surface area contributed by atoms with Crippen LogP contribution in [0.5, 0.6) is 5.75 Å². The van der Waals surface area contributed by atoms with E-state index >= 15 is 0 Å². The lowest BCUT2D eigenvalue weighted by Gasteiger charge is -2.16. The third-order valence-corrected chi connectivity index (χ3v) is 4.81. The van der Waals surface area contributed by atoms with Gasteiger partial charge < -0.3 is 10.1 Å². The molecule has 0 saturated heterocycles. The molecule has 2 aromatic carbocycles. The van der Waals surface area contributed by atoms with Crippen LogP contribution in [0.2, 0.25) is 0 Å². The number of sulfonamides is 1. The van der Waals surface area contributed by atoms with E-state index in [1.807, 2.05) is 18.2 Å². The first-order valence-electron chi connectivity index (χ1n) is 7.87. The molecule has 0 aliphatic heterocycles. The summed E-state index contributed by atoms with van der Waals surface area (Å²) in [5.41, 5.74) is 2.25. The number of nitrogens with one attached hydrogen (secondary N) is 1. The van der Waals surface area contributed by atoms with Gasteiger partial charge in [-0.2, -0.15) is 0 Å². The smallest absolute Gasteiger partial charge is 0.238 e. The van der Waals surface area contributed by atoms with E-state index < -0.39 is 10.0 Å². The maximum Gasteiger partial charge on any atom is 0.238 e. The summed E-state index contributed by atoms with van der Waals surface area (Å²) in [6.45, 7) is 2.95. The van der Waals surface area contributed by atoms with Crippen LogP contribution in [0.3, 0.4) is 0 Å². The van der Waals surface area contributed by atoms with Gasteiger partial charge in [-0.1, -0.05) is 30.3 Å². The lowest BCUT2D eigenvalue weighted by atomic mass is 10.1. The largest absolute Gasteiger partial charge is 0.496 e. The molecule has 0 aliphatic carbocycles. The van der Waals surface area contributed by atoms with Crippen LogP contribution >= 0.6 is 0 Å². The van der Waals surface area contributed by atoms with Crippen LogP contribution in [0.15, 0.2) is 53.4 Å². The van der Waals surface area contributed by atoms with Gasteiger partial charge in [0.1, 0.15) is 5.75 Å². The Morgan fingerprint density at radius 2 is 1.79 bits per heavy atom. The van der Waals surface area contributed by atoms with Gasteiger partial charge in [0.25, 0.3) is 0 Å². The summed E-state index contributed by atoms with van der Waals surface area (Å²) in [5.74, 6) is 0.907. The minimum absolute atomic E-state index is 0.142. The zero-order valence-corrected chi connectivity index (χ0v) is 14.8. The number of benzene rings is 2. The highest BCUT2D eigenvalue weighted by molar-refractivity contribution is 7.89. The first kappa shape index (κ1) is 18.4. The number of primary sulfonamides is 1. The molecule has 0 fully saturated rings. The Labute approximate surface area is 143 Å². The molecule has 2 rings (SSSR count). The molecule has 0 spiro atoms. The van der Waals surface area contributed by atoms with Crippen molar-refractivity contribution in [3.63, 3.8) is 0 Å². The SMILES string of the molecule is COc1ccccc1CC(C)NCCc1ccc(S(N)(=O)=O)cc1. The molecule has 0 aliphatic rings. The van der Waals surface area contributed by atoms with E-state index in [1.165, 1.54) is 5.56 Å². The molecule has 0 bridgehead atoms. The van der Waals surface area contributed by atoms with E-state index in [2.05, 4.69) is 18.3 Å². The maximum atomic E-state index is 11.2. The van der Waals surface area contributed by atoms with Crippen molar-refractivity contribution >= 4 is 10.0 Å². The van der Waals surface area contributed by atoms with Crippen LogP contribution < -0.4 is 15.2 Å². The fourth-order valence-electron chi connectivity index (χ4n) is 2.58. The Bertz CT molecular complexity index is 758. The lowest BCUT2D eigenvalue weighted by Crippen LogP contribution is -2.30. The minimum atomic E-state index is -3.62. The summed E-state index contributed by atoms with van der Waals surface area (Å²) >= 11 is 0. The summed E-state index contributed by atoms with van der Waals surface area (Å²) in [4.78, 5) is 0.142. The molecule has 0 saturated carbocycles. The van der Waals surface area contributed by atoms with Gasteiger partial charge in [0.05, 0.1) is 12.0 Å². The predicted molar refractivity (Wildman–Crippen MR) is 95.7 cm³/mol. The Kier molecular flexibility index (Phi) is 6.36. The first-order chi connectivity index (χ1) is 11.4. The average molecular weight is 348 g/mol. The molecule has 1 unspecified atom stereocenters. The molecule has 3 N–H and O–H groups in total. The molecule has 130 valence electrons. The highest BCUT2D eigenvalue weighted by atomic mass is 32.2. The molecule has 2 aromatic rings.